The number of urea groups is 1. The third kappa shape index (κ3) is 3.91. The molecular weight excluding hydrogens is 280 g/mol. The molecule has 1 aromatic rings. The van der Waals surface area contributed by atoms with Gasteiger partial charge in [-0.1, -0.05) is 0 Å². The van der Waals surface area contributed by atoms with E-state index < -0.39 is 10.0 Å². The quantitative estimate of drug-likeness (QED) is 0.866. The predicted octanol–water partition coefficient (Wildman–Crippen LogP) is 0.581. The molecule has 20 heavy (non-hydrogen) atoms. The Morgan fingerprint density at radius 3 is 2.75 bits per heavy atom. The van der Waals surface area contributed by atoms with Gasteiger partial charge in [-0.15, -0.1) is 0 Å². The Hall–Kier alpha value is -1.67. The number of nitrogens with one attached hydrogen (secondary N) is 1. The van der Waals surface area contributed by atoms with Gasteiger partial charge in [0.05, 0.1) is 18.1 Å². The van der Waals surface area contributed by atoms with Crippen LogP contribution in [0.2, 0.25) is 0 Å². The van der Waals surface area contributed by atoms with Gasteiger partial charge in [-0.3, -0.25) is 4.98 Å². The van der Waals surface area contributed by atoms with E-state index in [-0.39, 0.29) is 6.03 Å². The van der Waals surface area contributed by atoms with E-state index in [4.69, 9.17) is 0 Å². The van der Waals surface area contributed by atoms with E-state index in [2.05, 4.69) is 10.3 Å². The summed E-state index contributed by atoms with van der Waals surface area (Å²) in [7, 11) is -3.19. The standard InChI is InChI=1S/C12H18N4O3S/c1-20(18,19)16-7-3-6-15(8-9-16)12(17)14-11-4-2-5-13-10-11/h2,4-5,10H,3,6-9H2,1H3,(H,14,17). The lowest BCUT2D eigenvalue weighted by Crippen LogP contribution is -2.39. The number of rotatable bonds is 2. The minimum atomic E-state index is -3.19. The molecule has 2 amide bonds. The first-order chi connectivity index (χ1) is 9.47. The van der Waals surface area contributed by atoms with Crippen LogP contribution in [-0.2, 0) is 10.0 Å². The number of carbonyl (C=O) groups is 1. The van der Waals surface area contributed by atoms with Crippen molar-refractivity contribution >= 4 is 21.7 Å². The molecule has 110 valence electrons. The van der Waals surface area contributed by atoms with Crippen molar-refractivity contribution < 1.29 is 13.2 Å². The third-order valence-corrected chi connectivity index (χ3v) is 4.43. The molecule has 8 heteroatoms. The summed E-state index contributed by atoms with van der Waals surface area (Å²) in [5.41, 5.74) is 0.627. The second kappa shape index (κ2) is 6.19. The maximum absolute atomic E-state index is 12.1. The topological polar surface area (TPSA) is 82.6 Å². The van der Waals surface area contributed by atoms with Gasteiger partial charge in [0.1, 0.15) is 0 Å². The van der Waals surface area contributed by atoms with Gasteiger partial charge in [0.25, 0.3) is 0 Å². The molecule has 0 bridgehead atoms. The van der Waals surface area contributed by atoms with Gasteiger partial charge in [0.2, 0.25) is 10.0 Å². The fraction of sp³-hybridized carbons (Fsp3) is 0.500. The van der Waals surface area contributed by atoms with Crippen LogP contribution < -0.4 is 5.32 Å². The Bertz CT molecular complexity index is 561. The number of anilines is 1. The van der Waals surface area contributed by atoms with Crippen molar-refractivity contribution in [1.29, 1.82) is 0 Å². The van der Waals surface area contributed by atoms with Gasteiger partial charge < -0.3 is 10.2 Å². The second-order valence-corrected chi connectivity index (χ2v) is 6.66. The maximum atomic E-state index is 12.1. The molecule has 1 N–H and O–H groups in total. The van der Waals surface area contributed by atoms with E-state index >= 15 is 0 Å². The smallest absolute Gasteiger partial charge is 0.321 e. The zero-order chi connectivity index (χ0) is 14.6. The van der Waals surface area contributed by atoms with Crippen molar-refractivity contribution in [3.05, 3.63) is 24.5 Å². The van der Waals surface area contributed by atoms with Crippen molar-refractivity contribution in [3.8, 4) is 0 Å². The van der Waals surface area contributed by atoms with E-state index in [1.54, 1.807) is 29.4 Å². The molecular formula is C12H18N4O3S. The van der Waals surface area contributed by atoms with Crippen LogP contribution in [0, 0.1) is 0 Å². The molecule has 1 aliphatic heterocycles. The normalized spacial score (nSPS) is 17.6. The molecule has 0 atom stereocenters. The molecule has 2 rings (SSSR count). The zero-order valence-corrected chi connectivity index (χ0v) is 12.1. The lowest BCUT2D eigenvalue weighted by molar-refractivity contribution is 0.214. The number of pyridine rings is 1. The van der Waals surface area contributed by atoms with E-state index in [0.29, 0.717) is 38.3 Å². The predicted molar refractivity (Wildman–Crippen MR) is 75.9 cm³/mol. The molecule has 1 aromatic heterocycles. The molecule has 1 saturated heterocycles. The summed E-state index contributed by atoms with van der Waals surface area (Å²) in [5, 5.41) is 2.75. The first-order valence-corrected chi connectivity index (χ1v) is 8.23. The van der Waals surface area contributed by atoms with E-state index in [0.717, 1.165) is 0 Å². The van der Waals surface area contributed by atoms with Gasteiger partial charge >= 0.3 is 6.03 Å². The van der Waals surface area contributed by atoms with Gasteiger partial charge in [-0.2, -0.15) is 0 Å². The van der Waals surface area contributed by atoms with Crippen molar-refractivity contribution in [2.24, 2.45) is 0 Å². The number of sulfonamides is 1. The number of carbonyl (C=O) groups excluding carboxylic acids is 1. The van der Waals surface area contributed by atoms with E-state index in [9.17, 15) is 13.2 Å². The summed E-state index contributed by atoms with van der Waals surface area (Å²) in [5.74, 6) is 0. The van der Waals surface area contributed by atoms with Gasteiger partial charge in [-0.25, -0.2) is 17.5 Å². The molecule has 7 nitrogen and oxygen atoms in total. The van der Waals surface area contributed by atoms with E-state index in [1.807, 2.05) is 0 Å². The Balaban J connectivity index is 1.95. The molecule has 0 spiro atoms. The minimum Gasteiger partial charge on any atom is -0.323 e. The van der Waals surface area contributed by atoms with Gasteiger partial charge in [0.15, 0.2) is 0 Å². The average Bonchev–Trinajstić information content (AvgIpc) is 2.65. The minimum absolute atomic E-state index is 0.228. The Morgan fingerprint density at radius 1 is 1.30 bits per heavy atom. The molecule has 0 unspecified atom stereocenters. The lowest BCUT2D eigenvalue weighted by Gasteiger charge is -2.21. The highest BCUT2D eigenvalue weighted by molar-refractivity contribution is 7.88. The summed E-state index contributed by atoms with van der Waals surface area (Å²) in [4.78, 5) is 17.6. The number of hydrogen-bond acceptors (Lipinski definition) is 4. The van der Waals surface area contributed by atoms with Crippen LogP contribution in [0.15, 0.2) is 24.5 Å². The largest absolute Gasteiger partial charge is 0.323 e. The first kappa shape index (κ1) is 14.7. The third-order valence-electron chi connectivity index (χ3n) is 3.12. The van der Waals surface area contributed by atoms with Crippen LogP contribution in [0.3, 0.4) is 0 Å². The van der Waals surface area contributed by atoms with Crippen molar-refractivity contribution in [3.63, 3.8) is 0 Å². The summed E-state index contributed by atoms with van der Waals surface area (Å²) >= 11 is 0. The number of nitrogens with zero attached hydrogens (tertiary/aromatic N) is 3. The highest BCUT2D eigenvalue weighted by atomic mass is 32.2. The van der Waals surface area contributed by atoms with Crippen LogP contribution in [0.1, 0.15) is 6.42 Å². The summed E-state index contributed by atoms with van der Waals surface area (Å²) in [6, 6.07) is 3.27. The fourth-order valence-electron chi connectivity index (χ4n) is 2.07. The molecule has 2 heterocycles. The summed E-state index contributed by atoms with van der Waals surface area (Å²) in [6.07, 6.45) is 5.02. The average molecular weight is 298 g/mol. The Labute approximate surface area is 118 Å². The van der Waals surface area contributed by atoms with Crippen molar-refractivity contribution in [2.75, 3.05) is 37.8 Å². The monoisotopic (exact) mass is 298 g/mol. The first-order valence-electron chi connectivity index (χ1n) is 6.38. The second-order valence-electron chi connectivity index (χ2n) is 4.67. The summed E-state index contributed by atoms with van der Waals surface area (Å²) in [6.45, 7) is 1.71. The Kier molecular flexibility index (Phi) is 4.56. The fourth-order valence-corrected chi connectivity index (χ4v) is 2.94. The molecule has 0 aliphatic carbocycles. The highest BCUT2D eigenvalue weighted by Crippen LogP contribution is 2.09. The Morgan fingerprint density at radius 2 is 2.10 bits per heavy atom. The SMILES string of the molecule is CS(=O)(=O)N1CCCN(C(=O)Nc2cccnc2)CC1. The zero-order valence-electron chi connectivity index (χ0n) is 11.3. The maximum Gasteiger partial charge on any atom is 0.321 e. The number of hydrogen-bond donors (Lipinski definition) is 1. The number of amides is 2. The molecule has 0 aromatic carbocycles. The molecule has 0 saturated carbocycles. The van der Waals surface area contributed by atoms with Crippen molar-refractivity contribution in [1.82, 2.24) is 14.2 Å². The van der Waals surface area contributed by atoms with E-state index in [1.165, 1.54) is 10.6 Å². The number of aromatic nitrogens is 1. The van der Waals surface area contributed by atoms with Crippen LogP contribution in [0.4, 0.5) is 10.5 Å². The van der Waals surface area contributed by atoms with Crippen LogP contribution >= 0.6 is 0 Å². The summed E-state index contributed by atoms with van der Waals surface area (Å²) < 4.78 is 24.4. The van der Waals surface area contributed by atoms with Crippen LogP contribution in [-0.4, -0.2) is 61.1 Å². The molecule has 1 aliphatic rings. The highest BCUT2D eigenvalue weighted by Gasteiger charge is 2.23. The lowest BCUT2D eigenvalue weighted by atomic mass is 10.4. The molecule has 1 fully saturated rings. The van der Waals surface area contributed by atoms with Gasteiger partial charge in [0, 0.05) is 32.4 Å². The van der Waals surface area contributed by atoms with Crippen LogP contribution in [0.25, 0.3) is 0 Å². The van der Waals surface area contributed by atoms with Crippen molar-refractivity contribution in [2.45, 2.75) is 6.42 Å². The molecule has 0 radical (unpaired) electrons. The van der Waals surface area contributed by atoms with Gasteiger partial charge in [-0.05, 0) is 18.6 Å². The van der Waals surface area contributed by atoms with Crippen LogP contribution in [0.5, 0.6) is 0 Å².